The van der Waals surface area contributed by atoms with Crippen molar-refractivity contribution in [2.45, 2.75) is 103 Å². The number of rotatable bonds is 7. The number of hydrazine groups is 1. The van der Waals surface area contributed by atoms with Crippen LogP contribution in [0.25, 0.3) is 0 Å². The molecular formula is C26H38BF2N3O7. The minimum Gasteiger partial charge on any atom is -0.480 e. The third-order valence-corrected chi connectivity index (χ3v) is 6.99. The van der Waals surface area contributed by atoms with Crippen molar-refractivity contribution in [3.63, 3.8) is 0 Å². The Morgan fingerprint density at radius 3 is 2.33 bits per heavy atom. The molecule has 0 radical (unpaired) electrons. The smallest absolute Gasteiger partial charge is 0.480 e. The molecule has 2 aliphatic heterocycles. The number of aliphatic carboxylic acids is 1. The van der Waals surface area contributed by atoms with Gasteiger partial charge in [0.2, 0.25) is 0 Å². The molecule has 39 heavy (non-hydrogen) atoms. The third-order valence-electron chi connectivity index (χ3n) is 6.99. The molecule has 0 saturated carbocycles. The summed E-state index contributed by atoms with van der Waals surface area (Å²) in [5.74, 6) is -1.73. The monoisotopic (exact) mass is 553 g/mol. The maximum Gasteiger partial charge on any atom is 0.494 e. The summed E-state index contributed by atoms with van der Waals surface area (Å²) in [5.41, 5.74) is 0.824. The van der Waals surface area contributed by atoms with Gasteiger partial charge in [-0.1, -0.05) is 18.2 Å². The van der Waals surface area contributed by atoms with Crippen molar-refractivity contribution < 1.29 is 42.3 Å². The molecule has 0 bridgehead atoms. The fourth-order valence-corrected chi connectivity index (χ4v) is 4.30. The lowest BCUT2D eigenvalue weighted by molar-refractivity contribution is -0.147. The van der Waals surface area contributed by atoms with Crippen LogP contribution in [0.3, 0.4) is 0 Å². The van der Waals surface area contributed by atoms with Gasteiger partial charge in [-0.15, -0.1) is 0 Å². The van der Waals surface area contributed by atoms with E-state index in [1.54, 1.807) is 26.8 Å². The average molecular weight is 553 g/mol. The number of carboxylic acid groups (broad SMARTS) is 1. The maximum absolute atomic E-state index is 13.9. The van der Waals surface area contributed by atoms with Gasteiger partial charge in [0.05, 0.1) is 11.2 Å². The summed E-state index contributed by atoms with van der Waals surface area (Å²) in [4.78, 5) is 37.6. The molecule has 0 unspecified atom stereocenters. The molecule has 1 aromatic carbocycles. The molecule has 13 heteroatoms. The molecular weight excluding hydrogens is 515 g/mol. The van der Waals surface area contributed by atoms with Crippen LogP contribution in [0.1, 0.15) is 78.9 Å². The normalized spacial score (nSPS) is 21.5. The van der Waals surface area contributed by atoms with Crippen molar-refractivity contribution in [3.8, 4) is 0 Å². The zero-order valence-electron chi connectivity index (χ0n) is 23.5. The van der Waals surface area contributed by atoms with E-state index in [1.807, 2.05) is 27.7 Å². The number of carbonyl (C=O) groups is 3. The zero-order chi connectivity index (χ0) is 29.3. The van der Waals surface area contributed by atoms with Crippen molar-refractivity contribution in [1.82, 2.24) is 15.8 Å². The molecule has 2 saturated heterocycles. The highest BCUT2D eigenvalue weighted by Gasteiger charge is 2.52. The van der Waals surface area contributed by atoms with Crippen molar-refractivity contribution in [3.05, 3.63) is 29.3 Å². The summed E-state index contributed by atoms with van der Waals surface area (Å²) in [7, 11) is -0.916. The summed E-state index contributed by atoms with van der Waals surface area (Å²) < 4.78 is 45.2. The highest BCUT2D eigenvalue weighted by molar-refractivity contribution is 6.62. The lowest BCUT2D eigenvalue weighted by Gasteiger charge is -2.34. The van der Waals surface area contributed by atoms with Crippen LogP contribution in [0.15, 0.2) is 18.2 Å². The minimum atomic E-state index is -2.81. The Balaban J connectivity index is 1.93. The van der Waals surface area contributed by atoms with Crippen LogP contribution in [0.2, 0.25) is 0 Å². The van der Waals surface area contributed by atoms with Crippen LogP contribution in [-0.4, -0.2) is 70.6 Å². The number of hydrogen-bond donors (Lipinski definition) is 3. The number of alkyl halides is 2. The van der Waals surface area contributed by atoms with E-state index in [0.29, 0.717) is 23.9 Å². The molecule has 2 fully saturated rings. The molecule has 0 aliphatic carbocycles. The van der Waals surface area contributed by atoms with Gasteiger partial charge in [-0.3, -0.25) is 14.6 Å². The van der Waals surface area contributed by atoms with E-state index < -0.39 is 60.4 Å². The molecule has 3 N–H and O–H groups in total. The highest BCUT2D eigenvalue weighted by atomic mass is 19.3. The Morgan fingerprint density at radius 2 is 1.79 bits per heavy atom. The molecule has 0 aromatic heterocycles. The van der Waals surface area contributed by atoms with Crippen LogP contribution in [0.5, 0.6) is 0 Å². The molecule has 2 atom stereocenters. The largest absolute Gasteiger partial charge is 0.494 e. The molecule has 216 valence electrons. The van der Waals surface area contributed by atoms with Gasteiger partial charge in [-0.2, -0.15) is 0 Å². The Labute approximate surface area is 227 Å². The quantitative estimate of drug-likeness (QED) is 0.440. The number of nitrogens with zero attached hydrogens (tertiary/aromatic N) is 1. The predicted octanol–water partition coefficient (Wildman–Crippen LogP) is 2.94. The molecule has 3 rings (SSSR count). The number of hydrogen-bond acceptors (Lipinski definition) is 7. The first kappa shape index (κ1) is 30.8. The Bertz CT molecular complexity index is 1080. The summed E-state index contributed by atoms with van der Waals surface area (Å²) in [6.45, 7) is 12.6. The maximum atomic E-state index is 13.9. The van der Waals surface area contributed by atoms with Crippen LogP contribution in [-0.2, 0) is 30.1 Å². The van der Waals surface area contributed by atoms with E-state index in [0.717, 1.165) is 5.01 Å². The van der Waals surface area contributed by atoms with Crippen molar-refractivity contribution >= 4 is 30.6 Å². The second-order valence-corrected chi connectivity index (χ2v) is 12.0. The zero-order valence-corrected chi connectivity index (χ0v) is 23.5. The Hall–Kier alpha value is -2.77. The van der Waals surface area contributed by atoms with Crippen LogP contribution >= 0.6 is 0 Å². The van der Waals surface area contributed by atoms with E-state index in [1.165, 1.54) is 12.1 Å². The Kier molecular flexibility index (Phi) is 8.98. The first-order valence-corrected chi connectivity index (χ1v) is 13.0. The van der Waals surface area contributed by atoms with Crippen molar-refractivity contribution in [2.75, 3.05) is 6.54 Å². The SMILES string of the molecule is CC(C)(C)OC(=O)N[C@@H](Cc1cc(B2OC(C)(C)C(C)(C)O2)cc(C(F)F)c1)C(=O)N1CCC[C@@H](C(=O)O)N1. The first-order valence-electron chi connectivity index (χ1n) is 13.0. The fourth-order valence-electron chi connectivity index (χ4n) is 4.30. The molecule has 0 spiro atoms. The number of carbonyl (C=O) groups excluding carboxylic acids is 2. The fraction of sp³-hybridized carbons (Fsp3) is 0.654. The van der Waals surface area contributed by atoms with Gasteiger partial charge >= 0.3 is 19.2 Å². The number of ether oxygens (including phenoxy) is 1. The number of halogens is 2. The molecule has 10 nitrogen and oxygen atoms in total. The second kappa shape index (κ2) is 11.4. The van der Waals surface area contributed by atoms with Crippen molar-refractivity contribution in [2.24, 2.45) is 0 Å². The third kappa shape index (κ3) is 7.67. The van der Waals surface area contributed by atoms with Gasteiger partial charge in [0.1, 0.15) is 17.7 Å². The lowest BCUT2D eigenvalue weighted by Crippen LogP contribution is -2.60. The minimum absolute atomic E-state index is 0.166. The van der Waals surface area contributed by atoms with E-state index in [-0.39, 0.29) is 18.5 Å². The molecule has 2 aliphatic rings. The first-order chi connectivity index (χ1) is 17.9. The van der Waals surface area contributed by atoms with E-state index in [4.69, 9.17) is 14.0 Å². The summed E-state index contributed by atoms with van der Waals surface area (Å²) in [5, 5.41) is 13.1. The second-order valence-electron chi connectivity index (χ2n) is 12.0. The highest BCUT2D eigenvalue weighted by Crippen LogP contribution is 2.37. The van der Waals surface area contributed by atoms with Gasteiger partial charge in [0, 0.05) is 18.5 Å². The van der Waals surface area contributed by atoms with Gasteiger partial charge in [0.15, 0.2) is 0 Å². The number of amides is 2. The van der Waals surface area contributed by atoms with Crippen LogP contribution < -0.4 is 16.2 Å². The summed E-state index contributed by atoms with van der Waals surface area (Å²) in [6.07, 6.45) is -3.08. The van der Waals surface area contributed by atoms with Crippen LogP contribution in [0, 0.1) is 0 Å². The standard InChI is InChI=1S/C26H38BF2N3O7/c1-24(2,3)37-23(36)30-19(21(33)32-10-8-9-18(31-32)22(34)35)13-15-11-16(20(28)29)14-17(12-15)27-38-25(4,5)26(6,7)39-27/h11-12,14,18-20,31H,8-10,13H2,1-7H3,(H,30,36)(H,34,35)/t18-,19-/m0/s1. The van der Waals surface area contributed by atoms with Crippen LogP contribution in [0.4, 0.5) is 13.6 Å². The number of carboxylic acids is 1. The average Bonchev–Trinajstić information content (AvgIpc) is 3.03. The van der Waals surface area contributed by atoms with Crippen molar-refractivity contribution in [1.29, 1.82) is 0 Å². The number of alkyl carbamates (subject to hydrolysis) is 1. The topological polar surface area (TPSA) is 126 Å². The van der Waals surface area contributed by atoms with Gasteiger partial charge in [0.25, 0.3) is 12.3 Å². The lowest BCUT2D eigenvalue weighted by atomic mass is 9.77. The number of benzene rings is 1. The van der Waals surface area contributed by atoms with Gasteiger partial charge in [-0.05, 0) is 72.3 Å². The van der Waals surface area contributed by atoms with E-state index in [2.05, 4.69) is 10.7 Å². The molecule has 2 heterocycles. The van der Waals surface area contributed by atoms with E-state index >= 15 is 0 Å². The summed E-state index contributed by atoms with van der Waals surface area (Å²) >= 11 is 0. The summed E-state index contributed by atoms with van der Waals surface area (Å²) in [6, 6.07) is 1.97. The molecule has 2 amide bonds. The van der Waals surface area contributed by atoms with Gasteiger partial charge < -0.3 is 24.5 Å². The number of nitrogens with one attached hydrogen (secondary N) is 2. The predicted molar refractivity (Wildman–Crippen MR) is 139 cm³/mol. The molecule has 1 aromatic rings. The van der Waals surface area contributed by atoms with Gasteiger partial charge in [-0.25, -0.2) is 19.0 Å². The van der Waals surface area contributed by atoms with E-state index in [9.17, 15) is 28.3 Å². The Morgan fingerprint density at radius 1 is 1.18 bits per heavy atom.